The average molecular weight is 338 g/mol. The minimum Gasteiger partial charge on any atom is -0.204 e. The molecular formula is C6F6N4S3. The summed E-state index contributed by atoms with van der Waals surface area (Å²) in [5.41, 5.74) is 0. The van der Waals surface area contributed by atoms with E-state index in [0.717, 1.165) is 0 Å². The fourth-order valence-electron chi connectivity index (χ4n) is 0.807. The van der Waals surface area contributed by atoms with Gasteiger partial charge in [0.25, 0.3) is 0 Å². The third kappa shape index (κ3) is 3.54. The Balaban J connectivity index is 2.14. The van der Waals surface area contributed by atoms with Gasteiger partial charge >= 0.3 is 12.4 Å². The van der Waals surface area contributed by atoms with E-state index in [1.165, 1.54) is 0 Å². The van der Waals surface area contributed by atoms with Gasteiger partial charge in [-0.2, -0.15) is 35.1 Å². The second kappa shape index (κ2) is 4.86. The lowest BCUT2D eigenvalue weighted by atomic mass is 10.6. The Kier molecular flexibility index (Phi) is 3.70. The molecule has 0 aromatic carbocycles. The van der Waals surface area contributed by atoms with Crippen LogP contribution in [-0.2, 0) is 12.4 Å². The van der Waals surface area contributed by atoms with Crippen LogP contribution >= 0.6 is 34.8 Å². The standard InChI is InChI=1S/C6F6N4S3/c7-5(8,9)1-13-3(18-15-1)17-4-14-2(16-19-4)6(10,11)12. The Morgan fingerprint density at radius 1 is 0.737 bits per heavy atom. The molecule has 2 rings (SSSR count). The van der Waals surface area contributed by atoms with E-state index in [1.807, 2.05) is 0 Å². The van der Waals surface area contributed by atoms with Crippen LogP contribution in [0.5, 0.6) is 0 Å². The molecule has 13 heteroatoms. The van der Waals surface area contributed by atoms with Crippen molar-refractivity contribution in [3.05, 3.63) is 11.6 Å². The van der Waals surface area contributed by atoms with E-state index >= 15 is 0 Å². The molecule has 0 amide bonds. The molecule has 2 aromatic rings. The highest BCUT2D eigenvalue weighted by molar-refractivity contribution is 8.02. The van der Waals surface area contributed by atoms with E-state index in [-0.39, 0.29) is 8.68 Å². The lowest BCUT2D eigenvalue weighted by Gasteiger charge is -1.98. The molecule has 0 unspecified atom stereocenters. The first-order valence-electron chi connectivity index (χ1n) is 4.16. The predicted octanol–water partition coefficient (Wildman–Crippen LogP) is 3.58. The van der Waals surface area contributed by atoms with Crippen LogP contribution < -0.4 is 0 Å². The van der Waals surface area contributed by atoms with Crippen LogP contribution in [0.1, 0.15) is 11.6 Å². The molecule has 0 saturated carbocycles. The number of halogens is 6. The van der Waals surface area contributed by atoms with Crippen LogP contribution in [-0.4, -0.2) is 18.7 Å². The minimum atomic E-state index is -4.69. The van der Waals surface area contributed by atoms with E-state index < -0.39 is 24.0 Å². The molecule has 0 atom stereocenters. The number of aromatic nitrogens is 4. The lowest BCUT2D eigenvalue weighted by molar-refractivity contribution is -0.145. The van der Waals surface area contributed by atoms with Crippen molar-refractivity contribution in [1.29, 1.82) is 0 Å². The summed E-state index contributed by atoms with van der Waals surface area (Å²) in [7, 11) is 0. The molecule has 19 heavy (non-hydrogen) atoms. The monoisotopic (exact) mass is 338 g/mol. The molecule has 0 saturated heterocycles. The molecule has 2 heterocycles. The summed E-state index contributed by atoms with van der Waals surface area (Å²) in [6.07, 6.45) is -9.37. The Hall–Kier alpha value is -0.950. The zero-order chi connectivity index (χ0) is 14.3. The van der Waals surface area contributed by atoms with Gasteiger partial charge in [0, 0.05) is 0 Å². The topological polar surface area (TPSA) is 51.6 Å². The molecule has 0 aliphatic rings. The average Bonchev–Trinajstić information content (AvgIpc) is 2.84. The Bertz CT molecular complexity index is 522. The summed E-state index contributed by atoms with van der Waals surface area (Å²) in [5, 5.41) is 0. The van der Waals surface area contributed by atoms with Crippen molar-refractivity contribution < 1.29 is 26.3 Å². The van der Waals surface area contributed by atoms with E-state index in [1.54, 1.807) is 0 Å². The summed E-state index contributed by atoms with van der Waals surface area (Å²) in [5.74, 6) is -2.67. The van der Waals surface area contributed by atoms with E-state index in [0.29, 0.717) is 34.8 Å². The number of rotatable bonds is 2. The van der Waals surface area contributed by atoms with Crippen LogP contribution in [0.4, 0.5) is 26.3 Å². The molecule has 4 nitrogen and oxygen atoms in total. The van der Waals surface area contributed by atoms with Crippen molar-refractivity contribution in [3.8, 4) is 0 Å². The highest BCUT2D eigenvalue weighted by atomic mass is 32.2. The Morgan fingerprint density at radius 3 is 1.37 bits per heavy atom. The summed E-state index contributed by atoms with van der Waals surface area (Å²) >= 11 is 1.41. The van der Waals surface area contributed by atoms with E-state index in [4.69, 9.17) is 0 Å². The van der Waals surface area contributed by atoms with Crippen LogP contribution in [0.3, 0.4) is 0 Å². The van der Waals surface area contributed by atoms with Crippen molar-refractivity contribution in [2.24, 2.45) is 0 Å². The molecule has 0 aliphatic heterocycles. The molecule has 104 valence electrons. The molecule has 0 aliphatic carbocycles. The fourth-order valence-corrected chi connectivity index (χ4v) is 3.25. The van der Waals surface area contributed by atoms with Gasteiger partial charge in [-0.1, -0.05) is 0 Å². The van der Waals surface area contributed by atoms with E-state index in [9.17, 15) is 26.3 Å². The van der Waals surface area contributed by atoms with Gasteiger partial charge in [0.1, 0.15) is 0 Å². The van der Waals surface area contributed by atoms with Gasteiger partial charge in [0.2, 0.25) is 11.6 Å². The minimum absolute atomic E-state index is 0.155. The molecule has 0 spiro atoms. The number of hydrogen-bond acceptors (Lipinski definition) is 7. The van der Waals surface area contributed by atoms with Crippen molar-refractivity contribution in [2.75, 3.05) is 0 Å². The van der Waals surface area contributed by atoms with Crippen molar-refractivity contribution in [1.82, 2.24) is 18.7 Å². The summed E-state index contributed by atoms with van der Waals surface area (Å²) in [4.78, 5) is 6.30. The Morgan fingerprint density at radius 2 is 1.11 bits per heavy atom. The van der Waals surface area contributed by atoms with Crippen LogP contribution in [0.15, 0.2) is 8.68 Å². The Labute approximate surface area is 113 Å². The largest absolute Gasteiger partial charge is 0.452 e. The fraction of sp³-hybridized carbons (Fsp3) is 0.333. The van der Waals surface area contributed by atoms with Gasteiger partial charge in [0.15, 0.2) is 8.68 Å². The van der Waals surface area contributed by atoms with Gasteiger partial charge < -0.3 is 0 Å². The number of nitrogens with zero attached hydrogens (tertiary/aromatic N) is 4. The highest BCUT2D eigenvalue weighted by Crippen LogP contribution is 2.36. The maximum Gasteiger partial charge on any atom is 0.452 e. The number of alkyl halides is 6. The quantitative estimate of drug-likeness (QED) is 0.784. The normalized spacial score (nSPS) is 12.9. The third-order valence-electron chi connectivity index (χ3n) is 1.50. The molecule has 0 radical (unpaired) electrons. The maximum absolute atomic E-state index is 12.2. The van der Waals surface area contributed by atoms with Gasteiger partial charge in [-0.05, 0) is 34.8 Å². The first kappa shape index (κ1) is 14.5. The highest BCUT2D eigenvalue weighted by Gasteiger charge is 2.37. The second-order valence-electron chi connectivity index (χ2n) is 2.87. The molecule has 0 N–H and O–H groups in total. The van der Waals surface area contributed by atoms with Gasteiger partial charge in [-0.25, -0.2) is 9.97 Å². The predicted molar refractivity (Wildman–Crippen MR) is 53.9 cm³/mol. The zero-order valence-electron chi connectivity index (χ0n) is 8.28. The van der Waals surface area contributed by atoms with Crippen molar-refractivity contribution in [2.45, 2.75) is 21.0 Å². The van der Waals surface area contributed by atoms with Gasteiger partial charge in [0.05, 0.1) is 0 Å². The van der Waals surface area contributed by atoms with Crippen LogP contribution in [0.25, 0.3) is 0 Å². The number of hydrogen-bond donors (Lipinski definition) is 0. The van der Waals surface area contributed by atoms with Crippen molar-refractivity contribution in [3.63, 3.8) is 0 Å². The molecular weight excluding hydrogens is 338 g/mol. The first-order chi connectivity index (χ1) is 8.66. The van der Waals surface area contributed by atoms with Crippen LogP contribution in [0.2, 0.25) is 0 Å². The third-order valence-corrected chi connectivity index (χ3v) is 4.00. The lowest BCUT2D eigenvalue weighted by Crippen LogP contribution is -2.07. The summed E-state index contributed by atoms with van der Waals surface area (Å²) in [6, 6.07) is 0. The van der Waals surface area contributed by atoms with Gasteiger partial charge in [-0.15, -0.1) is 0 Å². The zero-order valence-corrected chi connectivity index (χ0v) is 10.7. The molecule has 2 aromatic heterocycles. The second-order valence-corrected chi connectivity index (χ2v) is 5.86. The van der Waals surface area contributed by atoms with Crippen molar-refractivity contribution >= 4 is 34.8 Å². The van der Waals surface area contributed by atoms with E-state index in [2.05, 4.69) is 18.7 Å². The van der Waals surface area contributed by atoms with Crippen LogP contribution in [0, 0.1) is 0 Å². The smallest absolute Gasteiger partial charge is 0.204 e. The molecule has 0 fully saturated rings. The summed E-state index contributed by atoms with van der Waals surface area (Å²) < 4.78 is 79.0. The van der Waals surface area contributed by atoms with Gasteiger partial charge in [-0.3, -0.25) is 0 Å². The summed E-state index contributed by atoms with van der Waals surface area (Å²) in [6.45, 7) is 0. The first-order valence-corrected chi connectivity index (χ1v) is 6.52. The SMILES string of the molecule is FC(F)(F)c1nsc(Sc2nc(C(F)(F)F)ns2)n1. The maximum atomic E-state index is 12.2. The molecule has 0 bridgehead atoms.